The fourth-order valence-electron chi connectivity index (χ4n) is 3.31. The molecule has 4 rings (SSSR count). The summed E-state index contributed by atoms with van der Waals surface area (Å²) in [5, 5.41) is 0. The highest BCUT2D eigenvalue weighted by Crippen LogP contribution is 2.26. The lowest BCUT2D eigenvalue weighted by molar-refractivity contribution is 0.264. The number of para-hydroxylation sites is 4. The van der Waals surface area contributed by atoms with Crippen LogP contribution in [0.5, 0.6) is 23.0 Å². The third kappa shape index (κ3) is 4.33. The molecule has 3 aromatic carbocycles. The summed E-state index contributed by atoms with van der Waals surface area (Å²) in [6.07, 6.45) is 0. The molecule has 0 N–H and O–H groups in total. The fraction of sp³-hybridized carbons (Fsp3) is 0.208. The fourth-order valence-corrected chi connectivity index (χ4v) is 3.31. The number of nitrogens with zero attached hydrogens (tertiary/aromatic N) is 2. The van der Waals surface area contributed by atoms with Gasteiger partial charge in [-0.3, -0.25) is 0 Å². The molecule has 0 aliphatic rings. The zero-order valence-electron chi connectivity index (χ0n) is 17.1. The minimum Gasteiger partial charge on any atom is -0.497 e. The van der Waals surface area contributed by atoms with Gasteiger partial charge in [0.05, 0.1) is 31.8 Å². The Labute approximate surface area is 175 Å². The third-order valence-electron chi connectivity index (χ3n) is 4.78. The molecule has 6 nitrogen and oxygen atoms in total. The van der Waals surface area contributed by atoms with Crippen LogP contribution in [-0.2, 0) is 13.2 Å². The quantitative estimate of drug-likeness (QED) is 0.404. The van der Waals surface area contributed by atoms with Gasteiger partial charge in [-0.15, -0.1) is 0 Å². The Morgan fingerprint density at radius 1 is 0.767 bits per heavy atom. The van der Waals surface area contributed by atoms with Crippen LogP contribution in [0.25, 0.3) is 11.0 Å². The smallest absolute Gasteiger partial charge is 0.161 e. The number of hydrogen-bond acceptors (Lipinski definition) is 5. The van der Waals surface area contributed by atoms with Crippen molar-refractivity contribution in [3.63, 3.8) is 0 Å². The van der Waals surface area contributed by atoms with Crippen molar-refractivity contribution in [3.8, 4) is 23.0 Å². The lowest BCUT2D eigenvalue weighted by Gasteiger charge is -2.13. The van der Waals surface area contributed by atoms with Crippen LogP contribution in [-0.4, -0.2) is 30.4 Å². The summed E-state index contributed by atoms with van der Waals surface area (Å²) >= 11 is 0. The number of rotatable bonds is 9. The van der Waals surface area contributed by atoms with Crippen LogP contribution < -0.4 is 18.9 Å². The second-order valence-corrected chi connectivity index (χ2v) is 6.64. The van der Waals surface area contributed by atoms with Crippen molar-refractivity contribution in [1.29, 1.82) is 0 Å². The summed E-state index contributed by atoms with van der Waals surface area (Å²) in [5.41, 5.74) is 1.98. The molecule has 0 atom stereocenters. The highest BCUT2D eigenvalue weighted by Gasteiger charge is 2.12. The molecule has 0 saturated carbocycles. The number of methoxy groups -OCH3 is 2. The average molecular weight is 404 g/mol. The molecule has 0 fully saturated rings. The summed E-state index contributed by atoms with van der Waals surface area (Å²) in [4.78, 5) is 4.76. The van der Waals surface area contributed by atoms with Crippen LogP contribution in [0.15, 0.2) is 72.8 Å². The van der Waals surface area contributed by atoms with Crippen molar-refractivity contribution >= 4 is 11.0 Å². The van der Waals surface area contributed by atoms with E-state index in [0.29, 0.717) is 19.8 Å². The van der Waals surface area contributed by atoms with E-state index in [1.807, 2.05) is 66.7 Å². The molecule has 4 aromatic rings. The number of imidazole rings is 1. The highest BCUT2D eigenvalue weighted by atomic mass is 16.5. The average Bonchev–Trinajstić information content (AvgIpc) is 3.15. The summed E-state index contributed by atoms with van der Waals surface area (Å²) in [6.45, 7) is 1.46. The van der Waals surface area contributed by atoms with Crippen LogP contribution >= 0.6 is 0 Å². The van der Waals surface area contributed by atoms with Gasteiger partial charge in [0.15, 0.2) is 11.5 Å². The number of ether oxygens (including phenoxy) is 4. The van der Waals surface area contributed by atoms with Crippen LogP contribution in [0.3, 0.4) is 0 Å². The first-order valence-electron chi connectivity index (χ1n) is 9.75. The SMILES string of the molecule is COc1cccc(OCc2nc3ccccc3n2CCOc2ccccc2OC)c1. The van der Waals surface area contributed by atoms with E-state index in [2.05, 4.69) is 10.6 Å². The monoisotopic (exact) mass is 404 g/mol. The van der Waals surface area contributed by atoms with Crippen molar-refractivity contribution in [2.24, 2.45) is 0 Å². The van der Waals surface area contributed by atoms with Gasteiger partial charge in [0.25, 0.3) is 0 Å². The van der Waals surface area contributed by atoms with Gasteiger partial charge in [0, 0.05) is 6.07 Å². The Kier molecular flexibility index (Phi) is 6.03. The van der Waals surface area contributed by atoms with Crippen molar-refractivity contribution < 1.29 is 18.9 Å². The third-order valence-corrected chi connectivity index (χ3v) is 4.78. The molecular formula is C24H24N2O4. The molecule has 0 bridgehead atoms. The molecule has 0 aliphatic carbocycles. The van der Waals surface area contributed by atoms with Crippen LogP contribution in [0, 0.1) is 0 Å². The Morgan fingerprint density at radius 3 is 2.37 bits per heavy atom. The van der Waals surface area contributed by atoms with E-state index in [4.69, 9.17) is 23.9 Å². The predicted molar refractivity (Wildman–Crippen MR) is 116 cm³/mol. The first-order chi connectivity index (χ1) is 14.8. The van der Waals surface area contributed by atoms with Gasteiger partial charge in [-0.1, -0.05) is 30.3 Å². The van der Waals surface area contributed by atoms with Crippen LogP contribution in [0.1, 0.15) is 5.82 Å². The maximum absolute atomic E-state index is 5.98. The topological polar surface area (TPSA) is 54.7 Å². The van der Waals surface area contributed by atoms with Crippen molar-refractivity contribution in [2.75, 3.05) is 20.8 Å². The molecule has 0 saturated heterocycles. The second-order valence-electron chi connectivity index (χ2n) is 6.64. The standard InChI is InChI=1S/C24H24N2O4/c1-27-18-8-7-9-19(16-18)30-17-24-25-20-10-3-4-11-21(20)26(24)14-15-29-23-13-6-5-12-22(23)28-2/h3-13,16H,14-15,17H2,1-2H3. The van der Waals surface area contributed by atoms with Crippen LogP contribution in [0.4, 0.5) is 0 Å². The van der Waals surface area contributed by atoms with E-state index < -0.39 is 0 Å². The summed E-state index contributed by atoms with van der Waals surface area (Å²) in [7, 11) is 3.28. The van der Waals surface area contributed by atoms with Crippen molar-refractivity contribution in [1.82, 2.24) is 9.55 Å². The molecule has 0 aliphatic heterocycles. The number of hydrogen-bond donors (Lipinski definition) is 0. The van der Waals surface area contributed by atoms with E-state index in [-0.39, 0.29) is 0 Å². The normalized spacial score (nSPS) is 10.7. The molecule has 0 spiro atoms. The van der Waals surface area contributed by atoms with Gasteiger partial charge >= 0.3 is 0 Å². The summed E-state index contributed by atoms with van der Waals surface area (Å²) in [5.74, 6) is 3.76. The van der Waals surface area contributed by atoms with Crippen molar-refractivity contribution in [2.45, 2.75) is 13.2 Å². The Morgan fingerprint density at radius 2 is 1.53 bits per heavy atom. The Balaban J connectivity index is 1.51. The second kappa shape index (κ2) is 9.22. The minimum atomic E-state index is 0.344. The number of benzene rings is 3. The molecule has 1 heterocycles. The largest absolute Gasteiger partial charge is 0.497 e. The zero-order chi connectivity index (χ0) is 20.8. The first kappa shape index (κ1) is 19.6. The predicted octanol–water partition coefficient (Wildman–Crippen LogP) is 4.71. The molecule has 1 aromatic heterocycles. The summed E-state index contributed by atoms with van der Waals surface area (Å²) < 4.78 is 24.7. The summed E-state index contributed by atoms with van der Waals surface area (Å²) in [6, 6.07) is 23.2. The molecule has 0 amide bonds. The van der Waals surface area contributed by atoms with Gasteiger partial charge in [-0.25, -0.2) is 4.98 Å². The molecule has 6 heteroatoms. The van der Waals surface area contributed by atoms with E-state index >= 15 is 0 Å². The Bertz CT molecular complexity index is 1120. The molecule has 154 valence electrons. The minimum absolute atomic E-state index is 0.344. The van der Waals surface area contributed by atoms with Gasteiger partial charge in [-0.2, -0.15) is 0 Å². The highest BCUT2D eigenvalue weighted by molar-refractivity contribution is 5.75. The van der Waals surface area contributed by atoms with Gasteiger partial charge in [-0.05, 0) is 36.4 Å². The molecule has 0 unspecified atom stereocenters. The van der Waals surface area contributed by atoms with Gasteiger partial charge in [0.2, 0.25) is 0 Å². The maximum Gasteiger partial charge on any atom is 0.161 e. The first-order valence-corrected chi connectivity index (χ1v) is 9.75. The van der Waals surface area contributed by atoms with Gasteiger partial charge < -0.3 is 23.5 Å². The Hall–Kier alpha value is -3.67. The molecular weight excluding hydrogens is 380 g/mol. The lowest BCUT2D eigenvalue weighted by Crippen LogP contribution is -2.13. The van der Waals surface area contributed by atoms with Crippen LogP contribution in [0.2, 0.25) is 0 Å². The number of aromatic nitrogens is 2. The lowest BCUT2D eigenvalue weighted by atomic mass is 10.3. The number of fused-ring (bicyclic) bond motifs is 1. The zero-order valence-corrected chi connectivity index (χ0v) is 17.1. The molecule has 30 heavy (non-hydrogen) atoms. The van der Waals surface area contributed by atoms with E-state index in [1.165, 1.54) is 0 Å². The van der Waals surface area contributed by atoms with E-state index in [1.54, 1.807) is 14.2 Å². The molecule has 0 radical (unpaired) electrons. The van der Waals surface area contributed by atoms with Gasteiger partial charge in [0.1, 0.15) is 30.5 Å². The maximum atomic E-state index is 5.98. The van der Waals surface area contributed by atoms with Crippen molar-refractivity contribution in [3.05, 3.63) is 78.6 Å². The van der Waals surface area contributed by atoms with E-state index in [0.717, 1.165) is 39.9 Å². The van der Waals surface area contributed by atoms with E-state index in [9.17, 15) is 0 Å².